The van der Waals surface area contributed by atoms with E-state index >= 15 is 0 Å². The molecule has 0 bridgehead atoms. The summed E-state index contributed by atoms with van der Waals surface area (Å²) in [6.45, 7) is 2.82. The van der Waals surface area contributed by atoms with Gasteiger partial charge >= 0.3 is 0 Å². The fourth-order valence-corrected chi connectivity index (χ4v) is 3.34. The number of carbonyl (C=O) groups excluding carboxylic acids is 1. The highest BCUT2D eigenvalue weighted by molar-refractivity contribution is 9.09. The molecule has 2 rings (SSSR count). The summed E-state index contributed by atoms with van der Waals surface area (Å²) in [6.07, 6.45) is 5.64. The van der Waals surface area contributed by atoms with Crippen LogP contribution >= 0.6 is 15.9 Å². The summed E-state index contributed by atoms with van der Waals surface area (Å²) >= 11 is 3.67. The molecule has 1 saturated carbocycles. The maximum Gasteiger partial charge on any atom is 0.249 e. The molecule has 4 unspecified atom stereocenters. The first-order valence-corrected chi connectivity index (χ1v) is 7.15. The van der Waals surface area contributed by atoms with E-state index in [4.69, 9.17) is 4.74 Å². The van der Waals surface area contributed by atoms with Gasteiger partial charge < -0.3 is 10.1 Å². The van der Waals surface area contributed by atoms with E-state index in [0.717, 1.165) is 19.4 Å². The lowest BCUT2D eigenvalue weighted by atomic mass is 10.1. The van der Waals surface area contributed by atoms with Gasteiger partial charge in [-0.25, -0.2) is 0 Å². The predicted molar refractivity (Wildman–Crippen MR) is 66.6 cm³/mol. The van der Waals surface area contributed by atoms with Crippen LogP contribution in [0.4, 0.5) is 0 Å². The third-order valence-corrected chi connectivity index (χ3v) is 4.83. The van der Waals surface area contributed by atoms with Gasteiger partial charge in [0.2, 0.25) is 5.91 Å². The number of alkyl halides is 1. The molecule has 2 fully saturated rings. The summed E-state index contributed by atoms with van der Waals surface area (Å²) in [5, 5.41) is 3.02. The van der Waals surface area contributed by atoms with E-state index < -0.39 is 0 Å². The highest BCUT2D eigenvalue weighted by atomic mass is 79.9. The molecule has 1 aliphatic carbocycles. The SMILES string of the molecule is CC1CCC(C(=O)NCC2CCCC2Br)O1. The molecule has 1 aliphatic heterocycles. The number of hydrogen-bond acceptors (Lipinski definition) is 2. The van der Waals surface area contributed by atoms with Gasteiger partial charge in [-0.1, -0.05) is 22.4 Å². The molecule has 1 amide bonds. The average Bonchev–Trinajstić information content (AvgIpc) is 2.84. The lowest BCUT2D eigenvalue weighted by molar-refractivity contribution is -0.131. The van der Waals surface area contributed by atoms with Crippen molar-refractivity contribution in [2.75, 3.05) is 6.54 Å². The quantitative estimate of drug-likeness (QED) is 0.810. The third-order valence-electron chi connectivity index (χ3n) is 3.63. The van der Waals surface area contributed by atoms with Crippen molar-refractivity contribution in [3.8, 4) is 0 Å². The van der Waals surface area contributed by atoms with Crippen LogP contribution in [-0.2, 0) is 9.53 Å². The predicted octanol–water partition coefficient (Wildman–Crippen LogP) is 2.23. The summed E-state index contributed by atoms with van der Waals surface area (Å²) in [4.78, 5) is 12.4. The molecule has 0 aromatic carbocycles. The number of carbonyl (C=O) groups is 1. The van der Waals surface area contributed by atoms with Crippen molar-refractivity contribution >= 4 is 21.8 Å². The van der Waals surface area contributed by atoms with Crippen LogP contribution in [0.3, 0.4) is 0 Å². The topological polar surface area (TPSA) is 38.3 Å². The zero-order valence-corrected chi connectivity index (χ0v) is 11.3. The van der Waals surface area contributed by atoms with Crippen LogP contribution in [0.2, 0.25) is 0 Å². The molecule has 0 radical (unpaired) electrons. The lowest BCUT2D eigenvalue weighted by Crippen LogP contribution is -2.38. The first-order valence-electron chi connectivity index (χ1n) is 6.24. The fourth-order valence-electron chi connectivity index (χ4n) is 2.56. The summed E-state index contributed by atoms with van der Waals surface area (Å²) in [5.74, 6) is 0.679. The van der Waals surface area contributed by atoms with Gasteiger partial charge in [0.05, 0.1) is 6.10 Å². The van der Waals surface area contributed by atoms with E-state index in [1.54, 1.807) is 0 Å². The van der Waals surface area contributed by atoms with Crippen LogP contribution in [0.25, 0.3) is 0 Å². The van der Waals surface area contributed by atoms with Crippen molar-refractivity contribution in [2.45, 2.75) is 56.1 Å². The Morgan fingerprint density at radius 3 is 2.75 bits per heavy atom. The Morgan fingerprint density at radius 2 is 2.19 bits per heavy atom. The zero-order chi connectivity index (χ0) is 11.5. The van der Waals surface area contributed by atoms with Crippen LogP contribution in [0, 0.1) is 5.92 Å². The largest absolute Gasteiger partial charge is 0.365 e. The molecule has 0 spiro atoms. The molecule has 1 N–H and O–H groups in total. The molecule has 16 heavy (non-hydrogen) atoms. The normalized spacial score (nSPS) is 38.9. The average molecular weight is 290 g/mol. The van der Waals surface area contributed by atoms with Gasteiger partial charge in [-0.2, -0.15) is 0 Å². The molecule has 0 aromatic rings. The van der Waals surface area contributed by atoms with Crippen LogP contribution in [-0.4, -0.2) is 29.5 Å². The van der Waals surface area contributed by atoms with E-state index in [1.165, 1.54) is 19.3 Å². The molecule has 92 valence electrons. The molecule has 2 aliphatic rings. The van der Waals surface area contributed by atoms with Crippen LogP contribution in [0.1, 0.15) is 39.0 Å². The van der Waals surface area contributed by atoms with Crippen molar-refractivity contribution in [2.24, 2.45) is 5.92 Å². The summed E-state index contributed by atoms with van der Waals surface area (Å²) in [5.41, 5.74) is 0. The zero-order valence-electron chi connectivity index (χ0n) is 9.75. The number of rotatable bonds is 3. The maximum absolute atomic E-state index is 11.8. The van der Waals surface area contributed by atoms with Gasteiger partial charge in [0, 0.05) is 11.4 Å². The molecule has 3 nitrogen and oxygen atoms in total. The van der Waals surface area contributed by atoms with E-state index in [-0.39, 0.29) is 18.1 Å². The molecule has 0 aromatic heterocycles. The Hall–Kier alpha value is -0.0900. The lowest BCUT2D eigenvalue weighted by Gasteiger charge is -2.17. The van der Waals surface area contributed by atoms with Crippen LogP contribution < -0.4 is 5.32 Å². The standard InChI is InChI=1S/C12H20BrNO2/c1-8-5-6-11(16-8)12(15)14-7-9-3-2-4-10(9)13/h8-11H,2-7H2,1H3,(H,14,15). The summed E-state index contributed by atoms with van der Waals surface area (Å²) in [6, 6.07) is 0. The molecule has 1 heterocycles. The van der Waals surface area contributed by atoms with E-state index in [2.05, 4.69) is 21.2 Å². The van der Waals surface area contributed by atoms with Gasteiger partial charge in [0.25, 0.3) is 0 Å². The minimum atomic E-state index is -0.204. The maximum atomic E-state index is 11.8. The van der Waals surface area contributed by atoms with Gasteiger partial charge in [-0.3, -0.25) is 4.79 Å². The van der Waals surface area contributed by atoms with Gasteiger partial charge in [0.1, 0.15) is 6.10 Å². The van der Waals surface area contributed by atoms with Crippen LogP contribution in [0.5, 0.6) is 0 Å². The Bertz CT molecular complexity index is 259. The Labute approximate surface area is 105 Å². The van der Waals surface area contributed by atoms with E-state index in [0.29, 0.717) is 10.7 Å². The van der Waals surface area contributed by atoms with Gasteiger partial charge in [-0.05, 0) is 38.5 Å². The molecular weight excluding hydrogens is 270 g/mol. The molecule has 1 saturated heterocycles. The van der Waals surface area contributed by atoms with Crippen molar-refractivity contribution in [3.05, 3.63) is 0 Å². The minimum absolute atomic E-state index is 0.0796. The Balaban J connectivity index is 1.71. The van der Waals surface area contributed by atoms with Crippen molar-refractivity contribution in [3.63, 3.8) is 0 Å². The van der Waals surface area contributed by atoms with Crippen LogP contribution in [0.15, 0.2) is 0 Å². The van der Waals surface area contributed by atoms with E-state index in [1.807, 2.05) is 6.92 Å². The third kappa shape index (κ3) is 2.98. The smallest absolute Gasteiger partial charge is 0.249 e. The van der Waals surface area contributed by atoms with Gasteiger partial charge in [-0.15, -0.1) is 0 Å². The molecule has 4 heteroatoms. The van der Waals surface area contributed by atoms with Crippen molar-refractivity contribution in [1.82, 2.24) is 5.32 Å². The second kappa shape index (κ2) is 5.50. The second-order valence-corrected chi connectivity index (χ2v) is 6.14. The first-order chi connectivity index (χ1) is 7.66. The van der Waals surface area contributed by atoms with E-state index in [9.17, 15) is 4.79 Å². The number of halogens is 1. The van der Waals surface area contributed by atoms with Crippen molar-refractivity contribution < 1.29 is 9.53 Å². The first kappa shape index (κ1) is 12.4. The Morgan fingerprint density at radius 1 is 1.38 bits per heavy atom. The number of ether oxygens (including phenoxy) is 1. The highest BCUT2D eigenvalue weighted by Crippen LogP contribution is 2.31. The summed E-state index contributed by atoms with van der Waals surface area (Å²) in [7, 11) is 0. The second-order valence-electron chi connectivity index (χ2n) is 4.96. The molecule has 4 atom stereocenters. The van der Waals surface area contributed by atoms with Crippen molar-refractivity contribution in [1.29, 1.82) is 0 Å². The monoisotopic (exact) mass is 289 g/mol. The number of nitrogens with one attached hydrogen (secondary N) is 1. The van der Waals surface area contributed by atoms with Gasteiger partial charge in [0.15, 0.2) is 0 Å². The Kier molecular flexibility index (Phi) is 4.25. The minimum Gasteiger partial charge on any atom is -0.365 e. The number of hydrogen-bond donors (Lipinski definition) is 1. The summed E-state index contributed by atoms with van der Waals surface area (Å²) < 4.78 is 5.54. The molecular formula is C12H20BrNO2. The number of amides is 1. The fraction of sp³-hybridized carbons (Fsp3) is 0.917. The highest BCUT2D eigenvalue weighted by Gasteiger charge is 2.30.